The highest BCUT2D eigenvalue weighted by atomic mass is 16.5. The molecule has 2 N–H and O–H groups in total. The zero-order valence-corrected chi connectivity index (χ0v) is 10.5. The fraction of sp³-hybridized carbons (Fsp3) is 0.643. The van der Waals surface area contributed by atoms with E-state index in [1.165, 1.54) is 12.8 Å². The van der Waals surface area contributed by atoms with Crippen molar-refractivity contribution in [3.63, 3.8) is 0 Å². The summed E-state index contributed by atoms with van der Waals surface area (Å²) in [5.41, 5.74) is 0.823. The Bertz CT molecular complexity index is 401. The summed E-state index contributed by atoms with van der Waals surface area (Å²) >= 11 is 0. The summed E-state index contributed by atoms with van der Waals surface area (Å²) in [6.07, 6.45) is 8.92. The average Bonchev–Trinajstić information content (AvgIpc) is 3.24. The van der Waals surface area contributed by atoms with E-state index >= 15 is 0 Å². The number of ether oxygens (including phenoxy) is 1. The van der Waals surface area contributed by atoms with Crippen LogP contribution in [0.1, 0.15) is 43.8 Å². The van der Waals surface area contributed by atoms with Gasteiger partial charge in [0, 0.05) is 24.0 Å². The minimum Gasteiger partial charge on any atom is -0.490 e. The first-order valence-electron chi connectivity index (χ1n) is 6.86. The Morgan fingerprint density at radius 3 is 2.94 bits per heavy atom. The summed E-state index contributed by atoms with van der Waals surface area (Å²) in [5, 5.41) is 13.9. The molecule has 1 saturated heterocycles. The molecule has 1 aromatic rings. The van der Waals surface area contributed by atoms with Crippen molar-refractivity contribution in [2.45, 2.75) is 50.4 Å². The molecule has 3 rings (SSSR count). The van der Waals surface area contributed by atoms with Gasteiger partial charge >= 0.3 is 0 Å². The smallest absolute Gasteiger partial charge is 0.128 e. The van der Waals surface area contributed by atoms with Crippen molar-refractivity contribution in [1.82, 2.24) is 10.3 Å². The monoisotopic (exact) mass is 248 g/mol. The summed E-state index contributed by atoms with van der Waals surface area (Å²) in [5.74, 6) is 0.798. The number of hydrogen-bond donors (Lipinski definition) is 2. The largest absolute Gasteiger partial charge is 0.490 e. The Kier molecular flexibility index (Phi) is 3.48. The van der Waals surface area contributed by atoms with Crippen molar-refractivity contribution in [2.75, 3.05) is 6.54 Å². The number of nitrogens with one attached hydrogen (secondary N) is 1. The van der Waals surface area contributed by atoms with Gasteiger partial charge in [-0.2, -0.15) is 0 Å². The summed E-state index contributed by atoms with van der Waals surface area (Å²) in [6.45, 7) is 0.987. The molecule has 2 heterocycles. The van der Waals surface area contributed by atoms with Gasteiger partial charge in [-0.05, 0) is 38.3 Å². The van der Waals surface area contributed by atoms with Crippen LogP contribution in [0, 0.1) is 0 Å². The Morgan fingerprint density at radius 1 is 1.33 bits per heavy atom. The number of hydrogen-bond acceptors (Lipinski definition) is 4. The summed E-state index contributed by atoms with van der Waals surface area (Å²) in [7, 11) is 0. The number of piperidine rings is 1. The van der Waals surface area contributed by atoms with E-state index in [2.05, 4.69) is 10.3 Å². The zero-order valence-electron chi connectivity index (χ0n) is 10.5. The second-order valence-corrected chi connectivity index (χ2v) is 5.23. The van der Waals surface area contributed by atoms with Crippen LogP contribution in [0.2, 0.25) is 0 Å². The van der Waals surface area contributed by atoms with Crippen LogP contribution in [0.4, 0.5) is 0 Å². The first kappa shape index (κ1) is 11.9. The van der Waals surface area contributed by atoms with Crippen LogP contribution in [0.3, 0.4) is 0 Å². The van der Waals surface area contributed by atoms with E-state index in [9.17, 15) is 5.11 Å². The van der Waals surface area contributed by atoms with E-state index in [4.69, 9.17) is 4.74 Å². The first-order chi connectivity index (χ1) is 8.84. The van der Waals surface area contributed by atoms with Crippen molar-refractivity contribution < 1.29 is 9.84 Å². The molecule has 1 aliphatic heterocycles. The van der Waals surface area contributed by atoms with Crippen molar-refractivity contribution in [3.05, 3.63) is 24.0 Å². The summed E-state index contributed by atoms with van der Waals surface area (Å²) < 4.78 is 5.84. The molecule has 4 heteroatoms. The normalized spacial score (nSPS) is 25.7. The van der Waals surface area contributed by atoms with Crippen molar-refractivity contribution in [1.29, 1.82) is 0 Å². The highest BCUT2D eigenvalue weighted by Crippen LogP contribution is 2.33. The molecule has 0 unspecified atom stereocenters. The molecule has 0 bridgehead atoms. The van der Waals surface area contributed by atoms with E-state index < -0.39 is 6.10 Å². The van der Waals surface area contributed by atoms with Gasteiger partial charge in [-0.3, -0.25) is 4.98 Å². The number of nitrogens with zero attached hydrogens (tertiary/aromatic N) is 1. The minimum absolute atomic E-state index is 0.129. The van der Waals surface area contributed by atoms with Gasteiger partial charge in [-0.15, -0.1) is 0 Å². The maximum atomic E-state index is 10.5. The van der Waals surface area contributed by atoms with Crippen LogP contribution in [0.5, 0.6) is 5.75 Å². The Hall–Kier alpha value is -1.13. The molecular weight excluding hydrogens is 228 g/mol. The molecule has 1 aliphatic carbocycles. The number of aromatic nitrogens is 1. The fourth-order valence-corrected chi connectivity index (χ4v) is 2.45. The van der Waals surface area contributed by atoms with Gasteiger partial charge < -0.3 is 15.2 Å². The van der Waals surface area contributed by atoms with Crippen LogP contribution < -0.4 is 10.1 Å². The first-order valence-corrected chi connectivity index (χ1v) is 6.86. The maximum Gasteiger partial charge on any atom is 0.128 e. The van der Waals surface area contributed by atoms with Gasteiger partial charge in [0.2, 0.25) is 0 Å². The predicted molar refractivity (Wildman–Crippen MR) is 68.5 cm³/mol. The summed E-state index contributed by atoms with van der Waals surface area (Å²) in [4.78, 5) is 4.12. The Balaban J connectivity index is 1.76. The molecule has 1 aromatic heterocycles. The van der Waals surface area contributed by atoms with E-state index in [-0.39, 0.29) is 6.04 Å². The van der Waals surface area contributed by atoms with Gasteiger partial charge in [0.25, 0.3) is 0 Å². The van der Waals surface area contributed by atoms with Crippen LogP contribution in [-0.2, 0) is 0 Å². The molecule has 4 nitrogen and oxygen atoms in total. The lowest BCUT2D eigenvalue weighted by atomic mass is 9.95. The van der Waals surface area contributed by atoms with Crippen molar-refractivity contribution >= 4 is 0 Å². The van der Waals surface area contributed by atoms with Crippen LogP contribution in [0.25, 0.3) is 0 Å². The standard InChI is InChI=1S/C14H20N2O2/c17-14(12-3-1-2-7-16-12)11-9-15-8-6-13(11)18-10-4-5-10/h6,8-10,12,14,16-17H,1-5,7H2/t12-,14+/m1/s1. The fourth-order valence-electron chi connectivity index (χ4n) is 2.45. The molecule has 0 aromatic carbocycles. The Morgan fingerprint density at radius 2 is 2.22 bits per heavy atom. The van der Waals surface area contributed by atoms with Gasteiger partial charge in [-0.25, -0.2) is 0 Å². The molecule has 2 atom stereocenters. The quantitative estimate of drug-likeness (QED) is 0.853. The number of rotatable bonds is 4. The highest BCUT2D eigenvalue weighted by molar-refractivity contribution is 5.33. The molecule has 0 radical (unpaired) electrons. The molecule has 2 fully saturated rings. The number of pyridine rings is 1. The zero-order chi connectivity index (χ0) is 12.4. The Labute approximate surface area is 107 Å². The highest BCUT2D eigenvalue weighted by Gasteiger charge is 2.29. The van der Waals surface area contributed by atoms with Gasteiger partial charge in [0.15, 0.2) is 0 Å². The number of aliphatic hydroxyl groups is 1. The number of aliphatic hydroxyl groups excluding tert-OH is 1. The van der Waals surface area contributed by atoms with Crippen LogP contribution in [0.15, 0.2) is 18.5 Å². The third kappa shape index (κ3) is 2.65. The lowest BCUT2D eigenvalue weighted by Gasteiger charge is -2.28. The third-order valence-corrected chi connectivity index (χ3v) is 3.68. The molecule has 98 valence electrons. The van der Waals surface area contributed by atoms with Gasteiger partial charge in [-0.1, -0.05) is 6.42 Å². The van der Waals surface area contributed by atoms with Crippen LogP contribution >= 0.6 is 0 Å². The molecular formula is C14H20N2O2. The van der Waals surface area contributed by atoms with E-state index in [0.717, 1.165) is 37.1 Å². The lowest BCUT2D eigenvalue weighted by molar-refractivity contribution is 0.109. The topological polar surface area (TPSA) is 54.4 Å². The third-order valence-electron chi connectivity index (χ3n) is 3.68. The molecule has 0 amide bonds. The average molecular weight is 248 g/mol. The predicted octanol–water partition coefficient (Wildman–Crippen LogP) is 1.80. The molecule has 0 spiro atoms. The van der Waals surface area contributed by atoms with E-state index in [1.54, 1.807) is 12.4 Å². The van der Waals surface area contributed by atoms with Gasteiger partial charge in [0.1, 0.15) is 5.75 Å². The molecule has 2 aliphatic rings. The second kappa shape index (κ2) is 5.24. The van der Waals surface area contributed by atoms with Crippen LogP contribution in [-0.4, -0.2) is 28.8 Å². The summed E-state index contributed by atoms with van der Waals surface area (Å²) in [6, 6.07) is 1.99. The molecule has 1 saturated carbocycles. The van der Waals surface area contributed by atoms with Crippen molar-refractivity contribution in [3.8, 4) is 5.75 Å². The minimum atomic E-state index is -0.521. The lowest BCUT2D eigenvalue weighted by Crippen LogP contribution is -2.39. The SMILES string of the molecule is O[C@@H](c1cnccc1OC1CC1)[C@H]1CCCCN1. The maximum absolute atomic E-state index is 10.5. The van der Waals surface area contributed by atoms with E-state index in [1.807, 2.05) is 6.07 Å². The van der Waals surface area contributed by atoms with Gasteiger partial charge in [0.05, 0.1) is 12.2 Å². The van der Waals surface area contributed by atoms with E-state index in [0.29, 0.717) is 6.10 Å². The molecule has 18 heavy (non-hydrogen) atoms. The van der Waals surface area contributed by atoms with Crippen molar-refractivity contribution in [2.24, 2.45) is 0 Å². The second-order valence-electron chi connectivity index (χ2n) is 5.23.